The van der Waals surface area contributed by atoms with Crippen LogP contribution in [0.15, 0.2) is 83.3 Å². The van der Waals surface area contributed by atoms with Crippen LogP contribution in [0.2, 0.25) is 0 Å². The predicted octanol–water partition coefficient (Wildman–Crippen LogP) is 4.87. The van der Waals surface area contributed by atoms with Gasteiger partial charge >= 0.3 is 5.97 Å². The molecule has 0 aliphatic rings. The maximum atomic E-state index is 12.3. The summed E-state index contributed by atoms with van der Waals surface area (Å²) in [4.78, 5) is 12.3. The molecular weight excluding hydrogens is 514 g/mol. The lowest BCUT2D eigenvalue weighted by Crippen LogP contribution is -2.46. The number of anilines is 1. The molecule has 37 heavy (non-hydrogen) atoms. The van der Waals surface area contributed by atoms with Crippen LogP contribution in [0.25, 0.3) is 22.1 Å². The van der Waals surface area contributed by atoms with E-state index < -0.39 is 39.6 Å². The Morgan fingerprint density at radius 1 is 0.919 bits per heavy atom. The van der Waals surface area contributed by atoms with Crippen LogP contribution in [0, 0.1) is 5.92 Å². The average molecular weight is 540 g/mol. The Bertz CT molecular complexity index is 1400. The molecule has 1 heterocycles. The lowest BCUT2D eigenvalue weighted by molar-refractivity contribution is -0.142. The molecule has 0 fully saturated rings. The Balaban J connectivity index is 1.61. The fourth-order valence-electron chi connectivity index (χ4n) is 4.25. The summed E-state index contributed by atoms with van der Waals surface area (Å²) >= 11 is -5.16. The highest BCUT2D eigenvalue weighted by molar-refractivity contribution is 7.80. The largest absolute Gasteiger partial charge is 0.772 e. The van der Waals surface area contributed by atoms with E-state index in [0.29, 0.717) is 22.6 Å². The minimum absolute atomic E-state index is 0.316. The van der Waals surface area contributed by atoms with Gasteiger partial charge in [-0.3, -0.25) is 12.7 Å². The Labute approximate surface area is 220 Å². The minimum Gasteiger partial charge on any atom is -0.772 e. The molecule has 8 nitrogen and oxygen atoms in total. The number of hydrogen-bond donors (Lipinski definition) is 0. The number of ether oxygens (including phenoxy) is 1. The zero-order valence-electron chi connectivity index (χ0n) is 20.4. The number of rotatable bonds is 9. The van der Waals surface area contributed by atoms with Crippen LogP contribution in [0.3, 0.4) is 0 Å². The van der Waals surface area contributed by atoms with Crippen molar-refractivity contribution in [1.29, 1.82) is 0 Å². The molecule has 4 aromatic rings. The molecule has 0 aliphatic heterocycles. The van der Waals surface area contributed by atoms with Gasteiger partial charge in [0.2, 0.25) is 0 Å². The van der Waals surface area contributed by atoms with E-state index in [4.69, 9.17) is 9.15 Å². The molecule has 3 aromatic carbocycles. The van der Waals surface area contributed by atoms with Crippen molar-refractivity contribution in [3.63, 3.8) is 0 Å². The molecule has 0 saturated heterocycles. The van der Waals surface area contributed by atoms with E-state index >= 15 is 0 Å². The van der Waals surface area contributed by atoms with E-state index in [2.05, 4.69) is 0 Å². The third kappa shape index (κ3) is 5.67. The summed E-state index contributed by atoms with van der Waals surface area (Å²) in [6.07, 6.45) is 0. The molecule has 0 aliphatic carbocycles. The van der Waals surface area contributed by atoms with Crippen LogP contribution in [0.1, 0.15) is 30.4 Å². The molecule has 4 unspecified atom stereocenters. The number of para-hydroxylation sites is 1. The maximum absolute atomic E-state index is 12.3. The fourth-order valence-corrected chi connectivity index (χ4v) is 5.75. The molecule has 0 N–H and O–H groups in total. The van der Waals surface area contributed by atoms with E-state index in [1.165, 1.54) is 7.11 Å². The van der Waals surface area contributed by atoms with E-state index in [9.17, 15) is 22.3 Å². The molecule has 0 spiro atoms. The van der Waals surface area contributed by atoms with Crippen LogP contribution in [-0.2, 0) is 31.9 Å². The zero-order valence-corrected chi connectivity index (χ0v) is 22.0. The summed E-state index contributed by atoms with van der Waals surface area (Å²) in [6.45, 7) is 3.48. The van der Waals surface area contributed by atoms with Gasteiger partial charge in [-0.15, -0.1) is 0 Å². The van der Waals surface area contributed by atoms with Crippen LogP contribution >= 0.6 is 0 Å². The second-order valence-corrected chi connectivity index (χ2v) is 10.6. The smallest absolute Gasteiger partial charge is 0.329 e. The Morgan fingerprint density at radius 3 is 2.03 bits per heavy atom. The Morgan fingerprint density at radius 2 is 1.51 bits per heavy atom. The van der Waals surface area contributed by atoms with Gasteiger partial charge in [-0.2, -0.15) is 0 Å². The van der Waals surface area contributed by atoms with Crippen molar-refractivity contribution >= 4 is 45.0 Å². The van der Waals surface area contributed by atoms with Gasteiger partial charge in [0, 0.05) is 22.3 Å². The monoisotopic (exact) mass is 539 g/mol. The molecule has 0 radical (unpaired) electrons. The zero-order chi connectivity index (χ0) is 26.7. The molecule has 194 valence electrons. The van der Waals surface area contributed by atoms with Gasteiger partial charge in [0.1, 0.15) is 22.6 Å². The standard InChI is InChI=1S/C27H27NO7S2/c1-17(2)25(27(29)34-3)28(37(32)33)22-14-12-19(13-15-22)18-8-10-20(11-9-18)26(36(30)31)24-16-21-6-4-5-7-23(21)35-24/h4-17,25-26H,1-3H3,(H,30,31)(H,32,33)/p-2. The van der Waals surface area contributed by atoms with E-state index in [1.54, 1.807) is 74.5 Å². The van der Waals surface area contributed by atoms with Crippen molar-refractivity contribution < 1.29 is 31.5 Å². The highest BCUT2D eigenvalue weighted by Crippen LogP contribution is 2.34. The van der Waals surface area contributed by atoms with Gasteiger partial charge in [-0.25, -0.2) is 4.79 Å². The van der Waals surface area contributed by atoms with Gasteiger partial charge in [0.15, 0.2) is 0 Å². The normalized spacial score (nSPS) is 14.8. The minimum atomic E-state index is -2.70. The summed E-state index contributed by atoms with van der Waals surface area (Å²) in [5.41, 5.74) is 3.08. The number of carbonyl (C=O) groups excluding carboxylic acids is 1. The molecule has 0 amide bonds. The van der Waals surface area contributed by atoms with Crippen LogP contribution in [-0.4, -0.2) is 36.6 Å². The maximum Gasteiger partial charge on any atom is 0.329 e. The summed E-state index contributed by atoms with van der Waals surface area (Å²) in [7, 11) is 1.22. The number of hydrogen-bond acceptors (Lipinski definition) is 7. The lowest BCUT2D eigenvalue weighted by atomic mass is 10.0. The third-order valence-electron chi connectivity index (χ3n) is 6.05. The van der Waals surface area contributed by atoms with Gasteiger partial charge in [-0.05, 0) is 58.0 Å². The molecule has 4 atom stereocenters. The number of nitrogens with zero attached hydrogens (tertiary/aromatic N) is 1. The van der Waals surface area contributed by atoms with Crippen molar-refractivity contribution in [1.82, 2.24) is 0 Å². The molecule has 0 saturated carbocycles. The summed E-state index contributed by atoms with van der Waals surface area (Å²) in [5, 5.41) is -0.139. The molecular formula is C27H25NO7S2-2. The van der Waals surface area contributed by atoms with Gasteiger partial charge < -0.3 is 18.3 Å². The number of methoxy groups -OCH3 is 1. The average Bonchev–Trinajstić information content (AvgIpc) is 3.30. The third-order valence-corrected chi connectivity index (χ3v) is 7.70. The van der Waals surface area contributed by atoms with Crippen LogP contribution in [0.5, 0.6) is 0 Å². The number of fused-ring (bicyclic) bond motifs is 1. The lowest BCUT2D eigenvalue weighted by Gasteiger charge is -2.35. The number of esters is 1. The first-order valence-corrected chi connectivity index (χ1v) is 13.6. The summed E-state index contributed by atoms with van der Waals surface area (Å²) in [6, 6.07) is 21.8. The van der Waals surface area contributed by atoms with Gasteiger partial charge in [-0.1, -0.05) is 68.4 Å². The first-order valence-electron chi connectivity index (χ1n) is 11.4. The van der Waals surface area contributed by atoms with Crippen molar-refractivity contribution in [2.45, 2.75) is 25.1 Å². The summed E-state index contributed by atoms with van der Waals surface area (Å²) < 4.78 is 59.9. The second-order valence-electron chi connectivity index (χ2n) is 8.75. The number of carbonyl (C=O) groups is 1. The van der Waals surface area contributed by atoms with E-state index in [0.717, 1.165) is 20.8 Å². The van der Waals surface area contributed by atoms with Gasteiger partial charge in [0.05, 0.1) is 7.11 Å². The SMILES string of the molecule is COC(=O)C(C(C)C)N(c1ccc(-c2ccc(C(c3cc4ccccc4o3)S(=O)[O-])cc2)cc1)S(=O)[O-]. The van der Waals surface area contributed by atoms with Gasteiger partial charge in [0.25, 0.3) is 0 Å². The predicted molar refractivity (Wildman–Crippen MR) is 141 cm³/mol. The Hall–Kier alpha value is -3.31. The topological polar surface area (TPSA) is 123 Å². The highest BCUT2D eigenvalue weighted by atomic mass is 32.2. The van der Waals surface area contributed by atoms with Crippen molar-refractivity contribution in [3.05, 3.63) is 90.2 Å². The van der Waals surface area contributed by atoms with Crippen molar-refractivity contribution in [2.24, 2.45) is 5.92 Å². The first-order chi connectivity index (χ1) is 17.7. The quantitative estimate of drug-likeness (QED) is 0.220. The van der Waals surface area contributed by atoms with Crippen molar-refractivity contribution in [2.75, 3.05) is 11.4 Å². The van der Waals surface area contributed by atoms with Crippen molar-refractivity contribution in [3.8, 4) is 11.1 Å². The number of benzene rings is 3. The van der Waals surface area contributed by atoms with E-state index in [1.807, 2.05) is 18.2 Å². The van der Waals surface area contributed by atoms with Crippen LogP contribution < -0.4 is 4.31 Å². The number of furan rings is 1. The highest BCUT2D eigenvalue weighted by Gasteiger charge is 2.31. The first kappa shape index (κ1) is 26.7. The Kier molecular flexibility index (Phi) is 8.23. The van der Waals surface area contributed by atoms with Crippen LogP contribution in [0.4, 0.5) is 5.69 Å². The molecule has 0 bridgehead atoms. The summed E-state index contributed by atoms with van der Waals surface area (Å²) in [5.74, 6) is -0.625. The fraction of sp³-hybridized carbons (Fsp3) is 0.222. The van der Waals surface area contributed by atoms with E-state index in [-0.39, 0.29) is 5.92 Å². The molecule has 10 heteroatoms. The molecule has 4 rings (SSSR count). The molecule has 1 aromatic heterocycles. The second kappa shape index (κ2) is 11.4.